The van der Waals surface area contributed by atoms with Gasteiger partial charge in [-0.25, -0.2) is 4.79 Å². The summed E-state index contributed by atoms with van der Waals surface area (Å²) in [7, 11) is 0. The van der Waals surface area contributed by atoms with Crippen LogP contribution in [0.15, 0.2) is 16.8 Å². The molecule has 0 radical (unpaired) electrons. The Kier molecular flexibility index (Phi) is 7.33. The molecule has 2 rings (SSSR count). The summed E-state index contributed by atoms with van der Waals surface area (Å²) < 4.78 is 5.47. The first kappa shape index (κ1) is 18.2. The van der Waals surface area contributed by atoms with Crippen LogP contribution in [0.25, 0.3) is 0 Å². The molecule has 1 aliphatic heterocycles. The second-order valence-corrected chi connectivity index (χ2v) is 6.70. The minimum absolute atomic E-state index is 0.0235. The number of ether oxygens (including phenoxy) is 1. The smallest absolute Gasteiger partial charge is 0.317 e. The molecule has 0 saturated carbocycles. The third-order valence-electron chi connectivity index (χ3n) is 4.58. The number of hydrogen-bond donors (Lipinski definition) is 1. The van der Waals surface area contributed by atoms with Crippen LogP contribution in [-0.4, -0.2) is 61.3 Å². The van der Waals surface area contributed by atoms with E-state index in [1.807, 2.05) is 4.90 Å². The van der Waals surface area contributed by atoms with Crippen molar-refractivity contribution in [3.05, 3.63) is 22.4 Å². The van der Waals surface area contributed by atoms with Crippen LogP contribution in [0.4, 0.5) is 4.79 Å². The van der Waals surface area contributed by atoms with E-state index in [1.54, 1.807) is 11.3 Å². The third-order valence-corrected chi connectivity index (χ3v) is 5.28. The van der Waals surface area contributed by atoms with E-state index in [4.69, 9.17) is 4.74 Å². The average Bonchev–Trinajstić information content (AvgIpc) is 2.99. The van der Waals surface area contributed by atoms with E-state index in [9.17, 15) is 4.79 Å². The monoisotopic (exact) mass is 339 g/mol. The van der Waals surface area contributed by atoms with Gasteiger partial charge in [-0.2, -0.15) is 11.3 Å². The van der Waals surface area contributed by atoms with Gasteiger partial charge in [0.1, 0.15) is 0 Å². The summed E-state index contributed by atoms with van der Waals surface area (Å²) in [6, 6.07) is 2.64. The Morgan fingerprint density at radius 3 is 2.91 bits per heavy atom. The first-order valence-electron chi connectivity index (χ1n) is 8.55. The highest BCUT2D eigenvalue weighted by Gasteiger charge is 2.24. The molecule has 5 nitrogen and oxygen atoms in total. The molecule has 1 aliphatic rings. The van der Waals surface area contributed by atoms with Crippen molar-refractivity contribution in [1.82, 2.24) is 15.1 Å². The molecule has 1 fully saturated rings. The van der Waals surface area contributed by atoms with Gasteiger partial charge in [0.05, 0.1) is 12.6 Å². The van der Waals surface area contributed by atoms with Crippen molar-refractivity contribution >= 4 is 17.4 Å². The molecule has 0 aliphatic carbocycles. The van der Waals surface area contributed by atoms with Gasteiger partial charge in [0.15, 0.2) is 0 Å². The zero-order valence-electron chi connectivity index (χ0n) is 14.5. The van der Waals surface area contributed by atoms with Crippen LogP contribution in [0.1, 0.15) is 38.8 Å². The first-order chi connectivity index (χ1) is 11.2. The Bertz CT molecular complexity index is 462. The van der Waals surface area contributed by atoms with E-state index >= 15 is 0 Å². The van der Waals surface area contributed by atoms with Crippen LogP contribution in [-0.2, 0) is 4.74 Å². The third kappa shape index (κ3) is 4.93. The molecule has 130 valence electrons. The van der Waals surface area contributed by atoms with Crippen LogP contribution >= 0.6 is 11.3 Å². The molecule has 2 heterocycles. The van der Waals surface area contributed by atoms with Crippen molar-refractivity contribution in [3.8, 4) is 0 Å². The molecule has 0 spiro atoms. The van der Waals surface area contributed by atoms with E-state index < -0.39 is 0 Å². The molecule has 6 heteroatoms. The lowest BCUT2D eigenvalue weighted by Crippen LogP contribution is -2.48. The number of urea groups is 1. The molecular formula is C17H29N3O2S. The van der Waals surface area contributed by atoms with E-state index in [2.05, 4.69) is 47.8 Å². The van der Waals surface area contributed by atoms with Crippen molar-refractivity contribution in [2.75, 3.05) is 39.4 Å². The molecule has 1 N–H and O–H groups in total. The van der Waals surface area contributed by atoms with Gasteiger partial charge in [-0.05, 0) is 48.8 Å². The maximum atomic E-state index is 12.6. The quantitative estimate of drug-likeness (QED) is 0.867. The van der Waals surface area contributed by atoms with Gasteiger partial charge in [0.25, 0.3) is 0 Å². The minimum atomic E-state index is 0.0235. The molecule has 2 amide bonds. The first-order valence-corrected chi connectivity index (χ1v) is 9.50. The predicted molar refractivity (Wildman–Crippen MR) is 95.0 cm³/mol. The fourth-order valence-corrected chi connectivity index (χ4v) is 3.78. The lowest BCUT2D eigenvalue weighted by atomic mass is 10.1. The highest BCUT2D eigenvalue weighted by molar-refractivity contribution is 7.07. The average molecular weight is 340 g/mol. The SMILES string of the molecule is CCN(CC)C(CNC(=O)N1CCOCCC1C)c1ccsc1. The summed E-state index contributed by atoms with van der Waals surface area (Å²) >= 11 is 1.71. The largest absolute Gasteiger partial charge is 0.380 e. The van der Waals surface area contributed by atoms with Crippen LogP contribution in [0, 0.1) is 0 Å². The zero-order chi connectivity index (χ0) is 16.7. The second kappa shape index (κ2) is 9.25. The van der Waals surface area contributed by atoms with E-state index in [0.29, 0.717) is 19.7 Å². The summed E-state index contributed by atoms with van der Waals surface area (Å²) in [4.78, 5) is 16.9. The van der Waals surface area contributed by atoms with E-state index in [-0.39, 0.29) is 18.1 Å². The summed E-state index contributed by atoms with van der Waals surface area (Å²) in [6.07, 6.45) is 0.900. The van der Waals surface area contributed by atoms with Crippen LogP contribution in [0.5, 0.6) is 0 Å². The highest BCUT2D eigenvalue weighted by Crippen LogP contribution is 2.22. The number of amides is 2. The molecule has 0 bridgehead atoms. The summed E-state index contributed by atoms with van der Waals surface area (Å²) in [5, 5.41) is 7.42. The number of carbonyl (C=O) groups is 1. The van der Waals surface area contributed by atoms with Gasteiger partial charge in [-0.15, -0.1) is 0 Å². The summed E-state index contributed by atoms with van der Waals surface area (Å²) in [5.41, 5.74) is 1.28. The van der Waals surface area contributed by atoms with Gasteiger partial charge < -0.3 is 15.0 Å². The Balaban J connectivity index is 1.98. The molecule has 1 aromatic rings. The van der Waals surface area contributed by atoms with E-state index in [0.717, 1.165) is 26.1 Å². The maximum absolute atomic E-state index is 12.6. The van der Waals surface area contributed by atoms with Crippen LogP contribution in [0.3, 0.4) is 0 Å². The minimum Gasteiger partial charge on any atom is -0.380 e. The van der Waals surface area contributed by atoms with Gasteiger partial charge in [0.2, 0.25) is 0 Å². The van der Waals surface area contributed by atoms with Crippen LogP contribution in [0.2, 0.25) is 0 Å². The number of nitrogens with one attached hydrogen (secondary N) is 1. The molecule has 23 heavy (non-hydrogen) atoms. The fourth-order valence-electron chi connectivity index (χ4n) is 3.07. The number of rotatable bonds is 6. The number of carbonyl (C=O) groups excluding carboxylic acids is 1. The molecule has 2 unspecified atom stereocenters. The Morgan fingerprint density at radius 1 is 1.48 bits per heavy atom. The second-order valence-electron chi connectivity index (χ2n) is 5.92. The standard InChI is InChI=1S/C17H29N3O2S/c1-4-19(5-2)16(15-7-11-23-13-15)12-18-17(21)20-8-10-22-9-6-14(20)3/h7,11,13-14,16H,4-6,8-10,12H2,1-3H3,(H,18,21). The van der Waals surface area contributed by atoms with Crippen molar-refractivity contribution in [3.63, 3.8) is 0 Å². The topological polar surface area (TPSA) is 44.8 Å². The van der Waals surface area contributed by atoms with Gasteiger partial charge in [-0.3, -0.25) is 4.90 Å². The summed E-state index contributed by atoms with van der Waals surface area (Å²) in [6.45, 7) is 11.0. The number of nitrogens with zero attached hydrogens (tertiary/aromatic N) is 2. The zero-order valence-corrected chi connectivity index (χ0v) is 15.3. The highest BCUT2D eigenvalue weighted by atomic mass is 32.1. The lowest BCUT2D eigenvalue weighted by molar-refractivity contribution is 0.140. The fraction of sp³-hybridized carbons (Fsp3) is 0.706. The molecule has 0 aromatic carbocycles. The van der Waals surface area contributed by atoms with Crippen LogP contribution < -0.4 is 5.32 Å². The number of likely N-dealkylation sites (N-methyl/N-ethyl adjacent to an activating group) is 1. The van der Waals surface area contributed by atoms with E-state index in [1.165, 1.54) is 5.56 Å². The molecule has 1 saturated heterocycles. The van der Waals surface area contributed by atoms with Gasteiger partial charge in [0, 0.05) is 25.7 Å². The van der Waals surface area contributed by atoms with Gasteiger partial charge in [-0.1, -0.05) is 13.8 Å². The Morgan fingerprint density at radius 2 is 2.26 bits per heavy atom. The number of hydrogen-bond acceptors (Lipinski definition) is 4. The molecule has 1 aromatic heterocycles. The van der Waals surface area contributed by atoms with Gasteiger partial charge >= 0.3 is 6.03 Å². The van der Waals surface area contributed by atoms with Crippen molar-refractivity contribution < 1.29 is 9.53 Å². The summed E-state index contributed by atoms with van der Waals surface area (Å²) in [5.74, 6) is 0. The maximum Gasteiger partial charge on any atom is 0.317 e. The van der Waals surface area contributed by atoms with Crippen molar-refractivity contribution in [2.24, 2.45) is 0 Å². The Hall–Kier alpha value is -1.11. The predicted octanol–water partition coefficient (Wildman–Crippen LogP) is 2.95. The van der Waals surface area contributed by atoms with Crippen molar-refractivity contribution in [2.45, 2.75) is 39.3 Å². The van der Waals surface area contributed by atoms with Crippen molar-refractivity contribution in [1.29, 1.82) is 0 Å². The number of thiophene rings is 1. The molecular weight excluding hydrogens is 310 g/mol. The normalized spacial score (nSPS) is 20.3. The Labute approximate surface area is 143 Å². The molecule has 2 atom stereocenters. The lowest BCUT2D eigenvalue weighted by Gasteiger charge is -2.32.